The van der Waals surface area contributed by atoms with E-state index in [9.17, 15) is 0 Å². The first-order chi connectivity index (χ1) is 5.26. The minimum Gasteiger partial charge on any atom is -0.126 e. The number of hydrogen-bond donors (Lipinski definition) is 0. The van der Waals surface area contributed by atoms with E-state index in [2.05, 4.69) is 26.8 Å². The molecule has 0 bridgehead atoms. The molecule has 0 radical (unpaired) electrons. The van der Waals surface area contributed by atoms with Gasteiger partial charge in [0.05, 0.1) is 0 Å². The maximum Gasteiger partial charge on any atom is 0.0258 e. The van der Waals surface area contributed by atoms with Crippen LogP contribution in [0.1, 0.15) is 40.0 Å². The van der Waals surface area contributed by atoms with Crippen molar-refractivity contribution in [2.75, 3.05) is 5.88 Å². The van der Waals surface area contributed by atoms with Crippen LogP contribution in [0.4, 0.5) is 0 Å². The number of hydrogen-bond acceptors (Lipinski definition) is 0. The summed E-state index contributed by atoms with van der Waals surface area (Å²) in [7, 11) is 0. The lowest BCUT2D eigenvalue weighted by Gasteiger charge is -2.12. The summed E-state index contributed by atoms with van der Waals surface area (Å²) in [4.78, 5) is 0. The lowest BCUT2D eigenvalue weighted by Crippen LogP contribution is -1.98. The van der Waals surface area contributed by atoms with E-state index in [1.54, 1.807) is 0 Å². The van der Waals surface area contributed by atoms with Crippen LogP contribution in [-0.2, 0) is 0 Å². The quantitative estimate of drug-likeness (QED) is 0.437. The summed E-state index contributed by atoms with van der Waals surface area (Å²) < 4.78 is 0. The Balaban J connectivity index is 3.85. The zero-order chi connectivity index (χ0) is 8.69. The van der Waals surface area contributed by atoms with E-state index >= 15 is 0 Å². The Bertz CT molecular complexity index is 112. The molecule has 0 amide bonds. The lowest BCUT2D eigenvalue weighted by molar-refractivity contribution is 0.570. The van der Waals surface area contributed by atoms with Crippen molar-refractivity contribution in [3.8, 4) is 0 Å². The van der Waals surface area contributed by atoms with Gasteiger partial charge >= 0.3 is 0 Å². The van der Waals surface area contributed by atoms with E-state index in [1.807, 2.05) is 0 Å². The van der Waals surface area contributed by atoms with Crippen molar-refractivity contribution < 1.29 is 0 Å². The molecule has 0 nitrogen and oxygen atoms in total. The van der Waals surface area contributed by atoms with Gasteiger partial charge < -0.3 is 0 Å². The summed E-state index contributed by atoms with van der Waals surface area (Å²) in [6.45, 7) is 6.70. The number of halogens is 1. The molecule has 0 aromatic carbocycles. The zero-order valence-corrected chi connectivity index (χ0v) is 8.62. The third-order valence-electron chi connectivity index (χ3n) is 2.20. The van der Waals surface area contributed by atoms with Gasteiger partial charge in [0.1, 0.15) is 0 Å². The van der Waals surface area contributed by atoms with Crippen molar-refractivity contribution in [2.24, 2.45) is 5.92 Å². The molecule has 0 aliphatic rings. The van der Waals surface area contributed by atoms with Gasteiger partial charge in [-0.1, -0.05) is 25.5 Å². The summed E-state index contributed by atoms with van der Waals surface area (Å²) in [5, 5.41) is 0. The first-order valence-corrected chi connectivity index (χ1v) is 5.02. The van der Waals surface area contributed by atoms with Crippen molar-refractivity contribution in [1.29, 1.82) is 0 Å². The molecule has 0 N–H and O–H groups in total. The molecule has 1 heteroatoms. The molecule has 0 aliphatic heterocycles. The highest BCUT2D eigenvalue weighted by molar-refractivity contribution is 6.17. The largest absolute Gasteiger partial charge is 0.126 e. The van der Waals surface area contributed by atoms with Crippen molar-refractivity contribution in [3.05, 3.63) is 11.6 Å². The molecule has 0 heterocycles. The fourth-order valence-electron chi connectivity index (χ4n) is 1.38. The maximum atomic E-state index is 5.59. The van der Waals surface area contributed by atoms with Gasteiger partial charge in [0.25, 0.3) is 0 Å². The highest BCUT2D eigenvalue weighted by Gasteiger charge is 2.03. The van der Waals surface area contributed by atoms with E-state index in [1.165, 1.54) is 18.4 Å². The first-order valence-electron chi connectivity index (χ1n) is 4.48. The molecule has 0 atom stereocenters. The molecule has 0 aromatic heterocycles. The van der Waals surface area contributed by atoms with Gasteiger partial charge in [-0.05, 0) is 32.1 Å². The highest BCUT2D eigenvalue weighted by atomic mass is 35.5. The summed E-state index contributed by atoms with van der Waals surface area (Å²) >= 11 is 5.59. The van der Waals surface area contributed by atoms with Crippen molar-refractivity contribution >= 4 is 11.6 Å². The van der Waals surface area contributed by atoms with E-state index < -0.39 is 0 Å². The molecule has 0 saturated heterocycles. The topological polar surface area (TPSA) is 0 Å². The second-order valence-electron chi connectivity index (χ2n) is 2.94. The molecular weight excluding hydrogens is 156 g/mol. The summed E-state index contributed by atoms with van der Waals surface area (Å²) in [5.41, 5.74) is 1.51. The average molecular weight is 175 g/mol. The van der Waals surface area contributed by atoms with Crippen molar-refractivity contribution in [2.45, 2.75) is 40.0 Å². The summed E-state index contributed by atoms with van der Waals surface area (Å²) in [6, 6.07) is 0. The number of rotatable bonds is 5. The molecule has 0 saturated carbocycles. The second-order valence-corrected chi connectivity index (χ2v) is 3.32. The fourth-order valence-corrected chi connectivity index (χ4v) is 1.49. The molecule has 0 rings (SSSR count). The Hall–Kier alpha value is 0.0300. The Morgan fingerprint density at radius 1 is 1.36 bits per heavy atom. The predicted octanol–water partition coefficient (Wildman–Crippen LogP) is 4.00. The summed E-state index contributed by atoms with van der Waals surface area (Å²) in [6.07, 6.45) is 5.79. The van der Waals surface area contributed by atoms with Crippen LogP contribution >= 0.6 is 11.6 Å². The van der Waals surface area contributed by atoms with E-state index in [0.717, 1.165) is 18.2 Å². The van der Waals surface area contributed by atoms with Crippen molar-refractivity contribution in [3.63, 3.8) is 0 Å². The Kier molecular flexibility index (Phi) is 6.74. The Labute approximate surface area is 75.6 Å². The van der Waals surface area contributed by atoms with Crippen LogP contribution in [0.25, 0.3) is 0 Å². The first kappa shape index (κ1) is 11.0. The van der Waals surface area contributed by atoms with E-state index in [-0.39, 0.29) is 0 Å². The number of alkyl halides is 1. The van der Waals surface area contributed by atoms with Crippen LogP contribution in [0.5, 0.6) is 0 Å². The van der Waals surface area contributed by atoms with Crippen LogP contribution in [-0.4, -0.2) is 5.88 Å². The average Bonchev–Trinajstić information content (AvgIpc) is 2.03. The van der Waals surface area contributed by atoms with Gasteiger partial charge in [-0.15, -0.1) is 11.6 Å². The van der Waals surface area contributed by atoms with Crippen LogP contribution in [0.2, 0.25) is 0 Å². The molecule has 0 aromatic rings. The lowest BCUT2D eigenvalue weighted by atomic mass is 9.94. The van der Waals surface area contributed by atoms with Crippen LogP contribution < -0.4 is 0 Å². The molecule has 11 heavy (non-hydrogen) atoms. The minimum absolute atomic E-state index is 0.748. The molecule has 66 valence electrons. The second kappa shape index (κ2) is 6.72. The van der Waals surface area contributed by atoms with Crippen LogP contribution in [0, 0.1) is 5.92 Å². The SMILES string of the molecule is CCC(CC)C(C)=CCCCl. The smallest absolute Gasteiger partial charge is 0.0258 e. The fraction of sp³-hybridized carbons (Fsp3) is 0.800. The normalized spacial score (nSPS) is 12.6. The van der Waals surface area contributed by atoms with E-state index in [4.69, 9.17) is 11.6 Å². The molecule has 0 fully saturated rings. The highest BCUT2D eigenvalue weighted by Crippen LogP contribution is 2.18. The minimum atomic E-state index is 0.748. The maximum absolute atomic E-state index is 5.59. The standard InChI is InChI=1S/C10H19Cl/c1-4-10(5-2)9(3)7-6-8-11/h7,10H,4-6,8H2,1-3H3. The third-order valence-corrected chi connectivity index (χ3v) is 2.42. The van der Waals surface area contributed by atoms with E-state index in [0.29, 0.717) is 0 Å². The van der Waals surface area contributed by atoms with Gasteiger partial charge in [0, 0.05) is 5.88 Å². The zero-order valence-electron chi connectivity index (χ0n) is 7.86. The van der Waals surface area contributed by atoms with Gasteiger partial charge in [0.2, 0.25) is 0 Å². The predicted molar refractivity (Wildman–Crippen MR) is 53.2 cm³/mol. The Morgan fingerprint density at radius 2 is 1.91 bits per heavy atom. The van der Waals surface area contributed by atoms with Crippen molar-refractivity contribution in [1.82, 2.24) is 0 Å². The van der Waals surface area contributed by atoms with Gasteiger partial charge in [0.15, 0.2) is 0 Å². The Morgan fingerprint density at radius 3 is 2.27 bits per heavy atom. The monoisotopic (exact) mass is 174 g/mol. The number of allylic oxidation sites excluding steroid dienone is 2. The van der Waals surface area contributed by atoms with Crippen LogP contribution in [0.15, 0.2) is 11.6 Å². The van der Waals surface area contributed by atoms with Gasteiger partial charge in [-0.2, -0.15) is 0 Å². The third kappa shape index (κ3) is 4.47. The molecule has 0 unspecified atom stereocenters. The van der Waals surface area contributed by atoms with Gasteiger partial charge in [-0.3, -0.25) is 0 Å². The molecule has 0 spiro atoms. The molecular formula is C10H19Cl. The van der Waals surface area contributed by atoms with Crippen LogP contribution in [0.3, 0.4) is 0 Å². The summed E-state index contributed by atoms with van der Waals surface area (Å²) in [5.74, 6) is 1.52. The van der Waals surface area contributed by atoms with Gasteiger partial charge in [-0.25, -0.2) is 0 Å². The molecule has 0 aliphatic carbocycles.